The van der Waals surface area contributed by atoms with E-state index in [9.17, 15) is 17.6 Å². The standard InChI is InChI=1S/C18H22FN3O3S/c1-12(14-7-6-8-15(11-14)22-26(3,24)25)20-18(23)21-13(2)16-9-4-5-10-17(16)19/h4-13,22H,1-3H3,(H2,20,21,23). The van der Waals surface area contributed by atoms with E-state index < -0.39 is 22.1 Å². The summed E-state index contributed by atoms with van der Waals surface area (Å²) in [7, 11) is -3.38. The highest BCUT2D eigenvalue weighted by atomic mass is 32.2. The topological polar surface area (TPSA) is 87.3 Å². The first-order valence-corrected chi connectivity index (χ1v) is 9.94. The van der Waals surface area contributed by atoms with Gasteiger partial charge in [-0.15, -0.1) is 0 Å². The van der Waals surface area contributed by atoms with E-state index in [1.54, 1.807) is 56.3 Å². The van der Waals surface area contributed by atoms with Crippen LogP contribution in [-0.2, 0) is 10.0 Å². The van der Waals surface area contributed by atoms with Crippen molar-refractivity contribution >= 4 is 21.7 Å². The molecule has 0 bridgehead atoms. The molecule has 3 N–H and O–H groups in total. The predicted molar refractivity (Wildman–Crippen MR) is 99.8 cm³/mol. The van der Waals surface area contributed by atoms with Gasteiger partial charge in [-0.1, -0.05) is 30.3 Å². The number of benzene rings is 2. The van der Waals surface area contributed by atoms with Crippen LogP contribution in [0, 0.1) is 5.82 Å². The fourth-order valence-electron chi connectivity index (χ4n) is 2.51. The second-order valence-electron chi connectivity index (χ2n) is 6.08. The molecule has 2 rings (SSSR count). The first kappa shape index (κ1) is 19.7. The molecule has 0 fully saturated rings. The number of carbonyl (C=O) groups is 1. The van der Waals surface area contributed by atoms with Crippen LogP contribution in [0.15, 0.2) is 48.5 Å². The molecule has 2 aromatic rings. The van der Waals surface area contributed by atoms with Gasteiger partial charge in [-0.25, -0.2) is 17.6 Å². The molecule has 6 nitrogen and oxygen atoms in total. The van der Waals surface area contributed by atoms with Crippen LogP contribution in [0.1, 0.15) is 37.1 Å². The molecular formula is C18H22FN3O3S. The first-order valence-electron chi connectivity index (χ1n) is 8.05. The monoisotopic (exact) mass is 379 g/mol. The van der Waals surface area contributed by atoms with Gasteiger partial charge in [0.25, 0.3) is 0 Å². The zero-order chi connectivity index (χ0) is 19.3. The molecule has 2 unspecified atom stereocenters. The summed E-state index contributed by atoms with van der Waals surface area (Å²) in [5, 5.41) is 5.45. The van der Waals surface area contributed by atoms with Crippen molar-refractivity contribution < 1.29 is 17.6 Å². The number of hydrogen-bond acceptors (Lipinski definition) is 3. The van der Waals surface area contributed by atoms with Gasteiger partial charge in [0.05, 0.1) is 18.3 Å². The minimum absolute atomic E-state index is 0.371. The minimum atomic E-state index is -3.38. The van der Waals surface area contributed by atoms with E-state index in [4.69, 9.17) is 0 Å². The van der Waals surface area contributed by atoms with E-state index in [1.165, 1.54) is 6.07 Å². The lowest BCUT2D eigenvalue weighted by molar-refractivity contribution is 0.234. The molecule has 26 heavy (non-hydrogen) atoms. The summed E-state index contributed by atoms with van der Waals surface area (Å²) in [5.74, 6) is -0.382. The molecule has 0 aliphatic rings. The van der Waals surface area contributed by atoms with E-state index in [2.05, 4.69) is 15.4 Å². The van der Waals surface area contributed by atoms with Crippen molar-refractivity contribution in [2.24, 2.45) is 0 Å². The van der Waals surface area contributed by atoms with E-state index >= 15 is 0 Å². The van der Waals surface area contributed by atoms with Crippen LogP contribution in [0.25, 0.3) is 0 Å². The Kier molecular flexibility index (Phi) is 6.20. The van der Waals surface area contributed by atoms with Crippen LogP contribution >= 0.6 is 0 Å². The van der Waals surface area contributed by atoms with Gasteiger partial charge in [0, 0.05) is 11.3 Å². The number of sulfonamides is 1. The molecule has 0 radical (unpaired) electrons. The quantitative estimate of drug-likeness (QED) is 0.719. The average molecular weight is 379 g/mol. The van der Waals surface area contributed by atoms with E-state index in [-0.39, 0.29) is 11.9 Å². The zero-order valence-corrected chi connectivity index (χ0v) is 15.6. The number of anilines is 1. The van der Waals surface area contributed by atoms with Gasteiger partial charge in [-0.2, -0.15) is 0 Å². The largest absolute Gasteiger partial charge is 0.332 e. The van der Waals surface area contributed by atoms with Crippen LogP contribution in [-0.4, -0.2) is 20.7 Å². The zero-order valence-electron chi connectivity index (χ0n) is 14.8. The van der Waals surface area contributed by atoms with Crippen molar-refractivity contribution in [3.8, 4) is 0 Å². The molecule has 0 aromatic heterocycles. The maximum atomic E-state index is 13.8. The summed E-state index contributed by atoms with van der Waals surface area (Å²) in [6, 6.07) is 11.7. The minimum Gasteiger partial charge on any atom is -0.332 e. The van der Waals surface area contributed by atoms with Gasteiger partial charge >= 0.3 is 6.03 Å². The Hall–Kier alpha value is -2.61. The molecule has 2 amide bonds. The SMILES string of the molecule is CC(NC(=O)NC(C)c1ccccc1F)c1cccc(NS(C)(=O)=O)c1. The highest BCUT2D eigenvalue weighted by Crippen LogP contribution is 2.19. The van der Waals surface area contributed by atoms with Gasteiger partial charge in [0.2, 0.25) is 10.0 Å². The Morgan fingerprint density at radius 2 is 1.65 bits per heavy atom. The lowest BCUT2D eigenvalue weighted by atomic mass is 10.1. The third-order valence-corrected chi connectivity index (χ3v) is 4.36. The maximum absolute atomic E-state index is 13.8. The summed E-state index contributed by atoms with van der Waals surface area (Å²) < 4.78 is 38.8. The van der Waals surface area contributed by atoms with Crippen molar-refractivity contribution in [2.75, 3.05) is 11.0 Å². The van der Waals surface area contributed by atoms with Crippen LogP contribution in [0.4, 0.5) is 14.9 Å². The summed E-state index contributed by atoms with van der Waals surface area (Å²) in [6.45, 7) is 3.46. The fourth-order valence-corrected chi connectivity index (χ4v) is 3.06. The lowest BCUT2D eigenvalue weighted by Crippen LogP contribution is -2.38. The Bertz CT molecular complexity index is 887. The van der Waals surface area contributed by atoms with Crippen molar-refractivity contribution in [1.29, 1.82) is 0 Å². The lowest BCUT2D eigenvalue weighted by Gasteiger charge is -2.19. The maximum Gasteiger partial charge on any atom is 0.315 e. The Morgan fingerprint density at radius 3 is 2.31 bits per heavy atom. The molecule has 0 saturated carbocycles. The van der Waals surface area contributed by atoms with Crippen molar-refractivity contribution in [2.45, 2.75) is 25.9 Å². The molecule has 8 heteroatoms. The number of hydrogen-bond donors (Lipinski definition) is 3. The van der Waals surface area contributed by atoms with Crippen LogP contribution in [0.2, 0.25) is 0 Å². The number of carbonyl (C=O) groups excluding carboxylic acids is 1. The molecule has 0 heterocycles. The van der Waals surface area contributed by atoms with E-state index in [0.29, 0.717) is 11.3 Å². The number of urea groups is 1. The normalized spacial score (nSPS) is 13.5. The Labute approximate surface area is 152 Å². The van der Waals surface area contributed by atoms with Crippen molar-refractivity contribution in [3.63, 3.8) is 0 Å². The van der Waals surface area contributed by atoms with Gasteiger partial charge in [-0.05, 0) is 37.6 Å². The molecule has 140 valence electrons. The van der Waals surface area contributed by atoms with E-state index in [0.717, 1.165) is 11.8 Å². The summed E-state index contributed by atoms with van der Waals surface area (Å²) in [4.78, 5) is 12.2. The summed E-state index contributed by atoms with van der Waals surface area (Å²) >= 11 is 0. The molecule has 2 atom stereocenters. The summed E-state index contributed by atoms with van der Waals surface area (Å²) in [6.07, 6.45) is 1.07. The third-order valence-electron chi connectivity index (χ3n) is 3.76. The van der Waals surface area contributed by atoms with Gasteiger partial charge < -0.3 is 10.6 Å². The smallest absolute Gasteiger partial charge is 0.315 e. The first-order chi connectivity index (χ1) is 12.2. The number of nitrogens with one attached hydrogen (secondary N) is 3. The highest BCUT2D eigenvalue weighted by molar-refractivity contribution is 7.92. The average Bonchev–Trinajstić information content (AvgIpc) is 2.53. The Morgan fingerprint density at radius 1 is 1.00 bits per heavy atom. The van der Waals surface area contributed by atoms with Crippen molar-refractivity contribution in [1.82, 2.24) is 10.6 Å². The molecule has 0 aliphatic carbocycles. The second-order valence-corrected chi connectivity index (χ2v) is 7.83. The van der Waals surface area contributed by atoms with Crippen LogP contribution in [0.3, 0.4) is 0 Å². The van der Waals surface area contributed by atoms with Gasteiger partial charge in [0.1, 0.15) is 5.82 Å². The fraction of sp³-hybridized carbons (Fsp3) is 0.278. The van der Waals surface area contributed by atoms with Crippen LogP contribution < -0.4 is 15.4 Å². The van der Waals surface area contributed by atoms with Gasteiger partial charge in [0.15, 0.2) is 0 Å². The molecule has 0 spiro atoms. The van der Waals surface area contributed by atoms with Gasteiger partial charge in [-0.3, -0.25) is 4.72 Å². The summed E-state index contributed by atoms with van der Waals surface area (Å²) in [5.41, 5.74) is 1.54. The molecule has 0 saturated heterocycles. The highest BCUT2D eigenvalue weighted by Gasteiger charge is 2.15. The van der Waals surface area contributed by atoms with Crippen LogP contribution in [0.5, 0.6) is 0 Å². The molecule has 0 aliphatic heterocycles. The predicted octanol–water partition coefficient (Wildman–Crippen LogP) is 3.32. The number of halogens is 1. The molecule has 2 aromatic carbocycles. The third kappa shape index (κ3) is 5.73. The number of rotatable bonds is 6. The number of amides is 2. The second kappa shape index (κ2) is 8.18. The van der Waals surface area contributed by atoms with E-state index in [1.807, 2.05) is 0 Å². The molecular weight excluding hydrogens is 357 g/mol. The van der Waals surface area contributed by atoms with Crippen molar-refractivity contribution in [3.05, 3.63) is 65.5 Å². The Balaban J connectivity index is 2.01.